The minimum absolute atomic E-state index is 0.0135. The van der Waals surface area contributed by atoms with E-state index in [1.54, 1.807) is 0 Å². The standard InChI is InChI=1S/C10H16BrN3O4S2/c1-14(2)19(15,16)6-5-13-20(17,18)8-3-4-9(11)10(12)7-8/h3-4,7,13H,5-6,12H2,1-2H3. The van der Waals surface area contributed by atoms with Gasteiger partial charge in [-0.15, -0.1) is 0 Å². The van der Waals surface area contributed by atoms with Crippen molar-refractivity contribution >= 4 is 41.7 Å². The quantitative estimate of drug-likeness (QED) is 0.679. The van der Waals surface area contributed by atoms with Gasteiger partial charge >= 0.3 is 0 Å². The summed E-state index contributed by atoms with van der Waals surface area (Å²) >= 11 is 3.17. The van der Waals surface area contributed by atoms with Crippen LogP contribution in [-0.4, -0.2) is 47.5 Å². The second-order valence-corrected chi connectivity index (χ2v) is 9.10. The summed E-state index contributed by atoms with van der Waals surface area (Å²) in [4.78, 5) is -0.0135. The number of benzene rings is 1. The van der Waals surface area contributed by atoms with E-state index in [1.807, 2.05) is 0 Å². The van der Waals surface area contributed by atoms with Crippen LogP contribution in [0, 0.1) is 0 Å². The van der Waals surface area contributed by atoms with Gasteiger partial charge in [0.2, 0.25) is 20.0 Å². The summed E-state index contributed by atoms with van der Waals surface area (Å²) in [5, 5.41) is 0. The van der Waals surface area contributed by atoms with Crippen molar-refractivity contribution in [1.29, 1.82) is 0 Å². The molecule has 0 radical (unpaired) electrons. The molecule has 0 bridgehead atoms. The van der Waals surface area contributed by atoms with Gasteiger partial charge in [0, 0.05) is 30.8 Å². The second kappa shape index (κ2) is 6.39. The zero-order valence-electron chi connectivity index (χ0n) is 11.0. The molecule has 0 heterocycles. The Morgan fingerprint density at radius 3 is 2.35 bits per heavy atom. The second-order valence-electron chi connectivity index (χ2n) is 4.18. The van der Waals surface area contributed by atoms with E-state index in [9.17, 15) is 16.8 Å². The van der Waals surface area contributed by atoms with Crippen LogP contribution in [0.2, 0.25) is 0 Å². The third-order valence-electron chi connectivity index (χ3n) is 2.49. The maximum Gasteiger partial charge on any atom is 0.240 e. The molecular weight excluding hydrogens is 370 g/mol. The Labute approximate surface area is 127 Å². The highest BCUT2D eigenvalue weighted by Crippen LogP contribution is 2.22. The van der Waals surface area contributed by atoms with Crippen LogP contribution in [0.15, 0.2) is 27.6 Å². The number of nitrogens with zero attached hydrogens (tertiary/aromatic N) is 1. The van der Waals surface area contributed by atoms with Crippen LogP contribution in [0.25, 0.3) is 0 Å². The lowest BCUT2D eigenvalue weighted by Crippen LogP contribution is -2.33. The number of halogens is 1. The molecule has 0 unspecified atom stereocenters. The molecule has 3 N–H and O–H groups in total. The summed E-state index contributed by atoms with van der Waals surface area (Å²) in [5.41, 5.74) is 5.90. The first-order chi connectivity index (χ1) is 9.06. The van der Waals surface area contributed by atoms with Crippen molar-refractivity contribution in [3.63, 3.8) is 0 Å². The average Bonchev–Trinajstić information content (AvgIpc) is 2.31. The first-order valence-corrected chi connectivity index (χ1v) is 9.40. The fourth-order valence-corrected chi connectivity index (χ4v) is 3.43. The van der Waals surface area contributed by atoms with Gasteiger partial charge in [-0.2, -0.15) is 0 Å². The molecule has 0 aliphatic heterocycles. The Morgan fingerprint density at radius 2 is 1.85 bits per heavy atom. The monoisotopic (exact) mass is 385 g/mol. The molecule has 0 aliphatic rings. The summed E-state index contributed by atoms with van der Waals surface area (Å²) in [6, 6.07) is 4.19. The molecule has 1 rings (SSSR count). The number of anilines is 1. The van der Waals surface area contributed by atoms with Gasteiger partial charge in [0.1, 0.15) is 0 Å². The fourth-order valence-electron chi connectivity index (χ4n) is 1.26. The third kappa shape index (κ3) is 4.42. The minimum Gasteiger partial charge on any atom is -0.398 e. The molecule has 0 aliphatic carbocycles. The Kier molecular flexibility index (Phi) is 5.55. The molecule has 0 atom stereocenters. The van der Waals surface area contributed by atoms with Crippen molar-refractivity contribution in [2.75, 3.05) is 32.1 Å². The number of hydrogen-bond donors (Lipinski definition) is 2. The predicted octanol–water partition coefficient (Wildman–Crippen LogP) is 0.201. The number of nitrogen functional groups attached to an aromatic ring is 1. The number of rotatable bonds is 6. The lowest BCUT2D eigenvalue weighted by molar-refractivity contribution is 0.519. The van der Waals surface area contributed by atoms with Gasteiger partial charge in [-0.25, -0.2) is 25.9 Å². The Bertz CT molecular complexity index is 686. The molecule has 0 saturated heterocycles. The normalized spacial score (nSPS) is 12.8. The van der Waals surface area contributed by atoms with Crippen molar-refractivity contribution in [3.05, 3.63) is 22.7 Å². The maximum atomic E-state index is 12.0. The Morgan fingerprint density at radius 1 is 1.25 bits per heavy atom. The largest absolute Gasteiger partial charge is 0.398 e. The van der Waals surface area contributed by atoms with E-state index in [4.69, 9.17) is 5.73 Å². The fraction of sp³-hybridized carbons (Fsp3) is 0.400. The van der Waals surface area contributed by atoms with Gasteiger partial charge in [-0.3, -0.25) is 0 Å². The van der Waals surface area contributed by atoms with Crippen LogP contribution in [-0.2, 0) is 20.0 Å². The highest BCUT2D eigenvalue weighted by Gasteiger charge is 2.18. The van der Waals surface area contributed by atoms with E-state index in [0.29, 0.717) is 4.47 Å². The number of hydrogen-bond acceptors (Lipinski definition) is 5. The van der Waals surface area contributed by atoms with Gasteiger partial charge in [-0.05, 0) is 34.1 Å². The van der Waals surface area contributed by atoms with Crippen LogP contribution in [0.1, 0.15) is 0 Å². The van der Waals surface area contributed by atoms with Crippen molar-refractivity contribution in [2.45, 2.75) is 4.90 Å². The SMILES string of the molecule is CN(C)S(=O)(=O)CCNS(=O)(=O)c1ccc(Br)c(N)c1. The predicted molar refractivity (Wildman–Crippen MR) is 81.2 cm³/mol. The van der Waals surface area contributed by atoms with Gasteiger partial charge in [0.25, 0.3) is 0 Å². The molecule has 0 aromatic heterocycles. The molecule has 0 spiro atoms. The number of nitrogens with one attached hydrogen (secondary N) is 1. The highest BCUT2D eigenvalue weighted by atomic mass is 79.9. The van der Waals surface area contributed by atoms with Crippen LogP contribution < -0.4 is 10.5 Å². The molecule has 0 fully saturated rings. The highest BCUT2D eigenvalue weighted by molar-refractivity contribution is 9.10. The molecule has 1 aromatic carbocycles. The summed E-state index contributed by atoms with van der Waals surface area (Å²) in [5.74, 6) is -0.314. The minimum atomic E-state index is -3.78. The summed E-state index contributed by atoms with van der Waals surface area (Å²) < 4.78 is 50.8. The lowest BCUT2D eigenvalue weighted by atomic mass is 10.3. The zero-order chi connectivity index (χ0) is 15.6. The number of nitrogens with two attached hydrogens (primary N) is 1. The van der Waals surface area contributed by atoms with E-state index >= 15 is 0 Å². The molecule has 0 saturated carbocycles. The molecular formula is C10H16BrN3O4S2. The van der Waals surface area contributed by atoms with Crippen molar-refractivity contribution < 1.29 is 16.8 Å². The average molecular weight is 386 g/mol. The van der Waals surface area contributed by atoms with E-state index in [-0.39, 0.29) is 22.9 Å². The summed E-state index contributed by atoms with van der Waals surface area (Å²) in [6.07, 6.45) is 0. The molecule has 1 aromatic rings. The Balaban J connectivity index is 2.79. The molecule has 7 nitrogen and oxygen atoms in total. The van der Waals surface area contributed by atoms with Gasteiger partial charge in [-0.1, -0.05) is 0 Å². The van der Waals surface area contributed by atoms with E-state index in [1.165, 1.54) is 32.3 Å². The molecule has 20 heavy (non-hydrogen) atoms. The topological polar surface area (TPSA) is 110 Å². The van der Waals surface area contributed by atoms with E-state index in [2.05, 4.69) is 20.7 Å². The maximum absolute atomic E-state index is 12.0. The number of sulfonamides is 2. The van der Waals surface area contributed by atoms with Gasteiger partial charge in [0.15, 0.2) is 0 Å². The smallest absolute Gasteiger partial charge is 0.240 e. The van der Waals surface area contributed by atoms with Crippen LogP contribution >= 0.6 is 15.9 Å². The third-order valence-corrected chi connectivity index (χ3v) is 6.50. The summed E-state index contributed by atoms with van der Waals surface area (Å²) in [6.45, 7) is -0.210. The van der Waals surface area contributed by atoms with Crippen molar-refractivity contribution in [2.24, 2.45) is 0 Å². The van der Waals surface area contributed by atoms with Crippen LogP contribution in [0.4, 0.5) is 5.69 Å². The van der Waals surface area contributed by atoms with Crippen LogP contribution in [0.3, 0.4) is 0 Å². The lowest BCUT2D eigenvalue weighted by Gasteiger charge is -2.12. The van der Waals surface area contributed by atoms with E-state index < -0.39 is 20.0 Å². The summed E-state index contributed by atoms with van der Waals surface area (Å²) in [7, 11) is -4.45. The first kappa shape index (κ1) is 17.4. The van der Waals surface area contributed by atoms with Crippen LogP contribution in [0.5, 0.6) is 0 Å². The Hall–Kier alpha value is -0.680. The van der Waals surface area contributed by atoms with Gasteiger partial charge in [0.05, 0.1) is 10.6 Å². The van der Waals surface area contributed by atoms with Gasteiger partial charge < -0.3 is 5.73 Å². The van der Waals surface area contributed by atoms with Crippen molar-refractivity contribution in [3.8, 4) is 0 Å². The molecule has 10 heteroatoms. The molecule has 114 valence electrons. The van der Waals surface area contributed by atoms with E-state index in [0.717, 1.165) is 4.31 Å². The van der Waals surface area contributed by atoms with Crippen molar-refractivity contribution in [1.82, 2.24) is 9.03 Å². The first-order valence-electron chi connectivity index (χ1n) is 5.51. The zero-order valence-corrected chi connectivity index (χ0v) is 14.2. The molecule has 0 amide bonds.